The number of pyridine rings is 1. The number of aromatic nitrogens is 3. The minimum absolute atomic E-state index is 0.0531. The molecule has 0 saturated heterocycles. The first-order chi connectivity index (χ1) is 9.33. The largest absolute Gasteiger partial charge is 0.383 e. The second-order valence-electron chi connectivity index (χ2n) is 4.16. The molecule has 0 atom stereocenters. The zero-order valence-electron chi connectivity index (χ0n) is 11.0. The van der Waals surface area contributed by atoms with Crippen LogP contribution in [-0.4, -0.2) is 23.2 Å². The van der Waals surface area contributed by atoms with Crippen molar-refractivity contribution in [1.82, 2.24) is 14.8 Å². The Labute approximate surface area is 125 Å². The van der Waals surface area contributed by atoms with Crippen molar-refractivity contribution < 1.29 is 8.42 Å². The molecule has 2 rings (SSSR count). The van der Waals surface area contributed by atoms with Gasteiger partial charge in [0.15, 0.2) is 0 Å². The first-order valence-electron chi connectivity index (χ1n) is 5.80. The summed E-state index contributed by atoms with van der Waals surface area (Å²) >= 11 is 3.18. The molecule has 2 aromatic heterocycles. The van der Waals surface area contributed by atoms with Crippen LogP contribution in [-0.2, 0) is 23.5 Å². The Morgan fingerprint density at radius 3 is 2.85 bits per heavy atom. The first-order valence-corrected chi connectivity index (χ1v) is 8.07. The van der Waals surface area contributed by atoms with Crippen LogP contribution in [0.1, 0.15) is 12.6 Å². The topological polar surface area (TPSA) is 103 Å². The van der Waals surface area contributed by atoms with Crippen molar-refractivity contribution in [3.8, 4) is 0 Å². The van der Waals surface area contributed by atoms with Crippen molar-refractivity contribution in [2.24, 2.45) is 7.05 Å². The predicted molar refractivity (Wildman–Crippen MR) is 79.7 cm³/mol. The molecule has 0 aliphatic heterocycles. The number of rotatable bonds is 4. The van der Waals surface area contributed by atoms with Gasteiger partial charge in [-0.2, -0.15) is 5.10 Å². The zero-order valence-corrected chi connectivity index (χ0v) is 13.4. The first kappa shape index (κ1) is 14.8. The molecule has 0 aliphatic carbocycles. The number of hydrogen-bond donors (Lipinski definition) is 2. The lowest BCUT2D eigenvalue weighted by atomic mass is 10.3. The minimum atomic E-state index is -3.81. The summed E-state index contributed by atoms with van der Waals surface area (Å²) in [7, 11) is -2.08. The van der Waals surface area contributed by atoms with E-state index in [-0.39, 0.29) is 10.7 Å². The van der Waals surface area contributed by atoms with E-state index in [1.54, 1.807) is 17.9 Å². The van der Waals surface area contributed by atoms with Crippen LogP contribution < -0.4 is 10.5 Å². The molecule has 0 bridgehead atoms. The van der Waals surface area contributed by atoms with E-state index >= 15 is 0 Å². The maximum Gasteiger partial charge on any atom is 0.265 e. The van der Waals surface area contributed by atoms with E-state index < -0.39 is 10.0 Å². The highest BCUT2D eigenvalue weighted by molar-refractivity contribution is 9.10. The molecule has 0 fully saturated rings. The van der Waals surface area contributed by atoms with Crippen LogP contribution >= 0.6 is 15.9 Å². The fraction of sp³-hybridized carbons (Fsp3) is 0.273. The average molecular weight is 360 g/mol. The summed E-state index contributed by atoms with van der Waals surface area (Å²) in [5.41, 5.74) is 6.74. The van der Waals surface area contributed by atoms with Crippen LogP contribution in [0, 0.1) is 0 Å². The number of aryl methyl sites for hydroxylation is 2. The van der Waals surface area contributed by atoms with Crippen molar-refractivity contribution in [3.05, 3.63) is 28.6 Å². The smallest absolute Gasteiger partial charge is 0.265 e. The van der Waals surface area contributed by atoms with E-state index in [2.05, 4.69) is 30.7 Å². The summed E-state index contributed by atoms with van der Waals surface area (Å²) in [5, 5.41) is 4.18. The number of nitrogens with one attached hydrogen (secondary N) is 1. The Morgan fingerprint density at radius 1 is 1.50 bits per heavy atom. The molecule has 20 heavy (non-hydrogen) atoms. The summed E-state index contributed by atoms with van der Waals surface area (Å²) in [4.78, 5) is 3.75. The Morgan fingerprint density at radius 2 is 2.20 bits per heavy atom. The lowest BCUT2D eigenvalue weighted by Crippen LogP contribution is -2.16. The molecule has 2 aromatic rings. The van der Waals surface area contributed by atoms with Crippen LogP contribution in [0.3, 0.4) is 0 Å². The van der Waals surface area contributed by atoms with E-state index in [4.69, 9.17) is 5.73 Å². The molecule has 0 unspecified atom stereocenters. The average Bonchev–Trinajstić information content (AvgIpc) is 2.71. The predicted octanol–water partition coefficient (Wildman–Crippen LogP) is 1.52. The van der Waals surface area contributed by atoms with Gasteiger partial charge in [0.2, 0.25) is 0 Å². The highest BCUT2D eigenvalue weighted by Crippen LogP contribution is 2.24. The van der Waals surface area contributed by atoms with E-state index in [9.17, 15) is 8.42 Å². The molecule has 108 valence electrons. The fourth-order valence-electron chi connectivity index (χ4n) is 1.73. The van der Waals surface area contributed by atoms with E-state index in [1.807, 2.05) is 6.92 Å². The molecule has 0 aliphatic rings. The van der Waals surface area contributed by atoms with Gasteiger partial charge in [-0.15, -0.1) is 0 Å². The van der Waals surface area contributed by atoms with E-state index in [0.717, 1.165) is 0 Å². The molecule has 0 radical (unpaired) electrons. The molecule has 2 heterocycles. The molecule has 0 amide bonds. The molecular weight excluding hydrogens is 346 g/mol. The summed E-state index contributed by atoms with van der Waals surface area (Å²) < 4.78 is 29.3. The molecular formula is C11H14BrN5O2S. The van der Waals surface area contributed by atoms with Gasteiger partial charge in [-0.1, -0.05) is 6.92 Å². The number of nitrogen functional groups attached to an aromatic ring is 1. The molecule has 9 heteroatoms. The second-order valence-corrected chi connectivity index (χ2v) is 6.73. The van der Waals surface area contributed by atoms with Gasteiger partial charge in [-0.05, 0) is 28.4 Å². The number of sulfonamides is 1. The molecule has 7 nitrogen and oxygen atoms in total. The maximum absolute atomic E-state index is 12.4. The van der Waals surface area contributed by atoms with E-state index in [0.29, 0.717) is 22.3 Å². The second kappa shape index (κ2) is 5.41. The lowest BCUT2D eigenvalue weighted by Gasteiger charge is -2.09. The quantitative estimate of drug-likeness (QED) is 0.861. The third-order valence-electron chi connectivity index (χ3n) is 2.62. The van der Waals surface area contributed by atoms with Gasteiger partial charge in [0.05, 0.1) is 11.4 Å². The minimum Gasteiger partial charge on any atom is -0.383 e. The number of nitrogens with zero attached hydrogens (tertiary/aromatic N) is 3. The number of hydrogen-bond acceptors (Lipinski definition) is 5. The van der Waals surface area contributed by atoms with Crippen LogP contribution in [0.4, 0.5) is 11.5 Å². The van der Waals surface area contributed by atoms with Crippen LogP contribution in [0.15, 0.2) is 27.8 Å². The zero-order chi connectivity index (χ0) is 14.9. The summed E-state index contributed by atoms with van der Waals surface area (Å²) in [5.74, 6) is -0.0531. The van der Waals surface area contributed by atoms with Gasteiger partial charge in [0, 0.05) is 23.9 Å². The molecule has 0 aromatic carbocycles. The summed E-state index contributed by atoms with van der Waals surface area (Å²) in [6.07, 6.45) is 3.67. The molecule has 0 saturated carbocycles. The van der Waals surface area contributed by atoms with Gasteiger partial charge >= 0.3 is 0 Å². The molecule has 3 N–H and O–H groups in total. The number of anilines is 2. The Kier molecular flexibility index (Phi) is 4.00. The van der Waals surface area contributed by atoms with Crippen molar-refractivity contribution in [3.63, 3.8) is 0 Å². The van der Waals surface area contributed by atoms with Crippen LogP contribution in [0.2, 0.25) is 0 Å². The van der Waals surface area contributed by atoms with E-state index in [1.165, 1.54) is 12.3 Å². The highest BCUT2D eigenvalue weighted by Gasteiger charge is 2.21. The van der Waals surface area contributed by atoms with Crippen molar-refractivity contribution in [1.29, 1.82) is 0 Å². The van der Waals surface area contributed by atoms with Gasteiger partial charge in [-0.3, -0.25) is 9.40 Å². The Bertz CT molecular complexity index is 741. The third kappa shape index (κ3) is 2.93. The number of nitrogens with two attached hydrogens (primary N) is 1. The summed E-state index contributed by atoms with van der Waals surface area (Å²) in [6.45, 7) is 1.90. The van der Waals surface area contributed by atoms with Crippen LogP contribution in [0.25, 0.3) is 0 Å². The van der Waals surface area contributed by atoms with Crippen molar-refractivity contribution in [2.75, 3.05) is 10.5 Å². The lowest BCUT2D eigenvalue weighted by molar-refractivity contribution is 0.601. The SMILES string of the molecule is CCc1nn(C)cc1NS(=O)(=O)c1cc(Br)cnc1N. The van der Waals surface area contributed by atoms with Crippen molar-refractivity contribution in [2.45, 2.75) is 18.2 Å². The van der Waals surface area contributed by atoms with Gasteiger partial charge in [0.25, 0.3) is 10.0 Å². The highest BCUT2D eigenvalue weighted by atomic mass is 79.9. The standard InChI is InChI=1S/C11H14BrN5O2S/c1-3-8-9(6-17(2)15-8)16-20(18,19)10-4-7(12)5-14-11(10)13/h4-6,16H,3H2,1-2H3,(H2,13,14). The van der Waals surface area contributed by atoms with Gasteiger partial charge < -0.3 is 5.73 Å². The monoisotopic (exact) mass is 359 g/mol. The number of halogens is 1. The fourth-order valence-corrected chi connectivity index (χ4v) is 3.39. The Balaban J connectivity index is 2.43. The van der Waals surface area contributed by atoms with Gasteiger partial charge in [-0.25, -0.2) is 13.4 Å². The summed E-state index contributed by atoms with van der Waals surface area (Å²) in [6, 6.07) is 1.41. The van der Waals surface area contributed by atoms with Crippen LogP contribution in [0.5, 0.6) is 0 Å². The third-order valence-corrected chi connectivity index (χ3v) is 4.45. The maximum atomic E-state index is 12.4. The normalized spacial score (nSPS) is 11.6. The van der Waals surface area contributed by atoms with Crippen molar-refractivity contribution >= 4 is 37.5 Å². The Hall–Kier alpha value is -1.61. The molecule has 0 spiro atoms. The van der Waals surface area contributed by atoms with Gasteiger partial charge in [0.1, 0.15) is 10.7 Å².